The summed E-state index contributed by atoms with van der Waals surface area (Å²) in [7, 11) is 0. The van der Waals surface area contributed by atoms with Crippen molar-refractivity contribution in [2.24, 2.45) is 23.7 Å². The van der Waals surface area contributed by atoms with Crippen LogP contribution in [0.3, 0.4) is 0 Å². The molecule has 1 heteroatoms. The molecule has 0 aliphatic heterocycles. The number of hydrogen-bond acceptors (Lipinski definition) is 1. The molecule has 0 aromatic carbocycles. The van der Waals surface area contributed by atoms with E-state index in [1.54, 1.807) is 0 Å². The molecule has 2 fully saturated rings. The lowest BCUT2D eigenvalue weighted by Crippen LogP contribution is -2.32. The van der Waals surface area contributed by atoms with Crippen LogP contribution in [0.15, 0.2) is 12.2 Å². The molecule has 3 aliphatic rings. The van der Waals surface area contributed by atoms with E-state index in [9.17, 15) is 0 Å². The summed E-state index contributed by atoms with van der Waals surface area (Å²) in [6.07, 6.45) is 11.2. The van der Waals surface area contributed by atoms with Gasteiger partial charge in [0.05, 0.1) is 12.2 Å². The van der Waals surface area contributed by atoms with Crippen molar-refractivity contribution in [2.45, 2.75) is 51.7 Å². The monoisotopic (exact) mass is 206 g/mol. The molecule has 0 aromatic rings. The van der Waals surface area contributed by atoms with E-state index < -0.39 is 0 Å². The summed E-state index contributed by atoms with van der Waals surface area (Å²) >= 11 is 0. The van der Waals surface area contributed by atoms with Crippen LogP contribution in [0, 0.1) is 23.7 Å². The van der Waals surface area contributed by atoms with Crippen molar-refractivity contribution in [3.05, 3.63) is 12.2 Å². The summed E-state index contributed by atoms with van der Waals surface area (Å²) in [5, 5.41) is 0. The van der Waals surface area contributed by atoms with Crippen molar-refractivity contribution < 1.29 is 4.74 Å². The fraction of sp³-hybridized carbons (Fsp3) is 0.857. The molecule has 0 saturated heterocycles. The summed E-state index contributed by atoms with van der Waals surface area (Å²) in [5.74, 6) is 3.70. The highest BCUT2D eigenvalue weighted by Gasteiger charge is 2.52. The minimum atomic E-state index is 0.457. The highest BCUT2D eigenvalue weighted by Crippen LogP contribution is 2.57. The van der Waals surface area contributed by atoms with Gasteiger partial charge in [-0.1, -0.05) is 19.1 Å². The molecule has 15 heavy (non-hydrogen) atoms. The summed E-state index contributed by atoms with van der Waals surface area (Å²) in [5.41, 5.74) is 0. The SMILES string of the molecule is CC[C@@H](C)OC1CC2CC1C1C=CCC21. The Balaban J connectivity index is 1.68. The van der Waals surface area contributed by atoms with Crippen molar-refractivity contribution in [2.75, 3.05) is 0 Å². The Morgan fingerprint density at radius 3 is 3.00 bits per heavy atom. The third kappa shape index (κ3) is 1.47. The molecule has 6 atom stereocenters. The van der Waals surface area contributed by atoms with Gasteiger partial charge in [0.1, 0.15) is 0 Å². The van der Waals surface area contributed by atoms with Crippen molar-refractivity contribution in [3.8, 4) is 0 Å². The molecule has 3 rings (SSSR count). The van der Waals surface area contributed by atoms with Gasteiger partial charge in [-0.15, -0.1) is 0 Å². The average molecular weight is 206 g/mol. The lowest BCUT2D eigenvalue weighted by Gasteiger charge is -2.32. The Hall–Kier alpha value is -0.300. The van der Waals surface area contributed by atoms with Crippen molar-refractivity contribution in [3.63, 3.8) is 0 Å². The van der Waals surface area contributed by atoms with E-state index in [2.05, 4.69) is 26.0 Å². The van der Waals surface area contributed by atoms with E-state index in [-0.39, 0.29) is 0 Å². The molecule has 0 spiro atoms. The summed E-state index contributed by atoms with van der Waals surface area (Å²) in [6, 6.07) is 0. The van der Waals surface area contributed by atoms with Gasteiger partial charge in [0.25, 0.3) is 0 Å². The van der Waals surface area contributed by atoms with Crippen LogP contribution in [0.1, 0.15) is 39.5 Å². The first-order valence-corrected chi connectivity index (χ1v) is 6.61. The van der Waals surface area contributed by atoms with Gasteiger partial charge < -0.3 is 4.74 Å². The van der Waals surface area contributed by atoms with Gasteiger partial charge in [-0.2, -0.15) is 0 Å². The molecule has 0 radical (unpaired) electrons. The molecule has 5 unspecified atom stereocenters. The first-order chi connectivity index (χ1) is 7.29. The Kier molecular flexibility index (Phi) is 2.39. The van der Waals surface area contributed by atoms with Crippen LogP contribution in [-0.2, 0) is 4.74 Å². The summed E-state index contributed by atoms with van der Waals surface area (Å²) in [6.45, 7) is 4.43. The third-order valence-corrected chi connectivity index (χ3v) is 4.93. The topological polar surface area (TPSA) is 9.23 Å². The number of rotatable bonds is 3. The molecule has 2 saturated carbocycles. The Labute approximate surface area is 92.9 Å². The van der Waals surface area contributed by atoms with E-state index in [0.29, 0.717) is 12.2 Å². The quantitative estimate of drug-likeness (QED) is 0.643. The van der Waals surface area contributed by atoms with Crippen LogP contribution < -0.4 is 0 Å². The molecular weight excluding hydrogens is 184 g/mol. The zero-order chi connectivity index (χ0) is 10.4. The smallest absolute Gasteiger partial charge is 0.0615 e. The van der Waals surface area contributed by atoms with Gasteiger partial charge in [-0.25, -0.2) is 0 Å². The molecule has 0 aromatic heterocycles. The number of hydrogen-bond donors (Lipinski definition) is 0. The maximum atomic E-state index is 6.17. The van der Waals surface area contributed by atoms with Gasteiger partial charge in [0.2, 0.25) is 0 Å². The molecule has 3 aliphatic carbocycles. The number of ether oxygens (including phenoxy) is 1. The maximum Gasteiger partial charge on any atom is 0.0615 e. The van der Waals surface area contributed by atoms with Crippen LogP contribution in [-0.4, -0.2) is 12.2 Å². The Bertz CT molecular complexity index is 271. The Morgan fingerprint density at radius 1 is 1.33 bits per heavy atom. The maximum absolute atomic E-state index is 6.17. The van der Waals surface area contributed by atoms with Gasteiger partial charge in [-0.3, -0.25) is 0 Å². The van der Waals surface area contributed by atoms with Crippen LogP contribution >= 0.6 is 0 Å². The normalized spacial score (nSPS) is 48.5. The lowest BCUT2D eigenvalue weighted by atomic mass is 9.80. The van der Waals surface area contributed by atoms with E-state index in [0.717, 1.165) is 30.1 Å². The van der Waals surface area contributed by atoms with Crippen molar-refractivity contribution in [1.29, 1.82) is 0 Å². The largest absolute Gasteiger partial charge is 0.375 e. The van der Waals surface area contributed by atoms with Gasteiger partial charge in [0.15, 0.2) is 0 Å². The molecule has 0 N–H and O–H groups in total. The van der Waals surface area contributed by atoms with E-state index in [4.69, 9.17) is 4.74 Å². The van der Waals surface area contributed by atoms with Gasteiger partial charge in [-0.05, 0) is 56.3 Å². The van der Waals surface area contributed by atoms with E-state index in [1.165, 1.54) is 19.3 Å². The molecule has 84 valence electrons. The van der Waals surface area contributed by atoms with Crippen molar-refractivity contribution in [1.82, 2.24) is 0 Å². The first-order valence-electron chi connectivity index (χ1n) is 6.61. The predicted octanol–water partition coefficient (Wildman–Crippen LogP) is 3.40. The fourth-order valence-electron chi connectivity index (χ4n) is 4.04. The van der Waals surface area contributed by atoms with Crippen LogP contribution in [0.5, 0.6) is 0 Å². The zero-order valence-electron chi connectivity index (χ0n) is 9.86. The minimum absolute atomic E-state index is 0.457. The minimum Gasteiger partial charge on any atom is -0.375 e. The predicted molar refractivity (Wildman–Crippen MR) is 61.6 cm³/mol. The van der Waals surface area contributed by atoms with Gasteiger partial charge >= 0.3 is 0 Å². The number of fused-ring (bicyclic) bond motifs is 5. The highest BCUT2D eigenvalue weighted by molar-refractivity contribution is 5.14. The van der Waals surface area contributed by atoms with Crippen LogP contribution in [0.2, 0.25) is 0 Å². The van der Waals surface area contributed by atoms with Crippen LogP contribution in [0.4, 0.5) is 0 Å². The second-order valence-electron chi connectivity index (χ2n) is 5.69. The summed E-state index contributed by atoms with van der Waals surface area (Å²) < 4.78 is 6.17. The second kappa shape index (κ2) is 3.62. The second-order valence-corrected chi connectivity index (χ2v) is 5.69. The third-order valence-electron chi connectivity index (χ3n) is 4.93. The zero-order valence-corrected chi connectivity index (χ0v) is 9.86. The molecule has 0 heterocycles. The van der Waals surface area contributed by atoms with Crippen molar-refractivity contribution >= 4 is 0 Å². The standard InChI is InChI=1S/C14H22O/c1-3-9(2)15-14-8-10-7-13(14)12-6-4-5-11(10)12/h4,6,9-14H,3,5,7-8H2,1-2H3/t9-,10?,11?,12?,13?,14?/m1/s1. The first kappa shape index (κ1) is 9.89. The fourth-order valence-corrected chi connectivity index (χ4v) is 4.04. The van der Waals surface area contributed by atoms with Crippen LogP contribution in [0.25, 0.3) is 0 Å². The van der Waals surface area contributed by atoms with Gasteiger partial charge in [0, 0.05) is 0 Å². The highest BCUT2D eigenvalue weighted by atomic mass is 16.5. The molecular formula is C14H22O. The molecule has 2 bridgehead atoms. The average Bonchev–Trinajstić information content (AvgIpc) is 2.87. The molecule has 1 nitrogen and oxygen atoms in total. The lowest BCUT2D eigenvalue weighted by molar-refractivity contribution is -0.0470. The summed E-state index contributed by atoms with van der Waals surface area (Å²) in [4.78, 5) is 0. The Morgan fingerprint density at radius 2 is 2.20 bits per heavy atom. The number of allylic oxidation sites excluding steroid dienone is 2. The van der Waals surface area contributed by atoms with E-state index >= 15 is 0 Å². The molecule has 0 amide bonds. The van der Waals surface area contributed by atoms with E-state index in [1.807, 2.05) is 0 Å².